The third kappa shape index (κ3) is 4.46. The Labute approximate surface area is 171 Å². The molecule has 0 radical (unpaired) electrons. The van der Waals surface area contributed by atoms with Crippen molar-refractivity contribution in [3.05, 3.63) is 46.5 Å². The lowest BCUT2D eigenvalue weighted by atomic mass is 10.00. The van der Waals surface area contributed by atoms with Crippen molar-refractivity contribution >= 4 is 17.5 Å². The minimum atomic E-state index is -0.890. The van der Waals surface area contributed by atoms with Gasteiger partial charge < -0.3 is 14.5 Å². The Morgan fingerprint density at radius 2 is 1.97 bits per heavy atom. The van der Waals surface area contributed by atoms with Crippen LogP contribution in [0.5, 0.6) is 11.6 Å². The van der Waals surface area contributed by atoms with Gasteiger partial charge in [-0.3, -0.25) is 15.4 Å². The van der Waals surface area contributed by atoms with Crippen LogP contribution in [0.4, 0.5) is 20.7 Å². The van der Waals surface area contributed by atoms with Crippen molar-refractivity contribution in [2.75, 3.05) is 31.5 Å². The van der Waals surface area contributed by atoms with Gasteiger partial charge in [0.05, 0.1) is 11.0 Å². The average Bonchev–Trinajstić information content (AvgIpc) is 2.69. The standard InChI is InChI=1S/C19H21FN6O4/c20-15-10-14(26(28)29)2-3-16(15)30-18-11-17(21-12-22-18)23-19(27)25-8-4-13(5-9-25)24-6-1-7-24/h2-3,10-13H,1,4-9H2,(H,21,22,23,27). The van der Waals surface area contributed by atoms with Gasteiger partial charge in [0.25, 0.3) is 5.69 Å². The molecule has 0 unspecified atom stereocenters. The largest absolute Gasteiger partial charge is 0.436 e. The number of anilines is 1. The summed E-state index contributed by atoms with van der Waals surface area (Å²) in [5.41, 5.74) is -0.381. The number of nitro groups is 1. The molecular weight excluding hydrogens is 395 g/mol. The molecule has 1 N–H and O–H groups in total. The van der Waals surface area contributed by atoms with E-state index in [2.05, 4.69) is 20.2 Å². The van der Waals surface area contributed by atoms with E-state index >= 15 is 0 Å². The molecular formula is C19H21FN6O4. The molecule has 2 aliphatic rings. The number of ether oxygens (including phenoxy) is 1. The fraction of sp³-hybridized carbons (Fsp3) is 0.421. The fourth-order valence-electron chi connectivity index (χ4n) is 3.59. The molecule has 30 heavy (non-hydrogen) atoms. The minimum absolute atomic E-state index is 0.00421. The summed E-state index contributed by atoms with van der Waals surface area (Å²) in [4.78, 5) is 34.6. The van der Waals surface area contributed by atoms with Crippen LogP contribution in [0.3, 0.4) is 0 Å². The highest BCUT2D eigenvalue weighted by Crippen LogP contribution is 2.27. The SMILES string of the molecule is O=C(Nc1cc(Oc2ccc([N+](=O)[O-])cc2F)ncn1)N1CCC(N2CCC2)CC1. The Morgan fingerprint density at radius 3 is 2.60 bits per heavy atom. The summed E-state index contributed by atoms with van der Waals surface area (Å²) >= 11 is 0. The number of carbonyl (C=O) groups is 1. The van der Waals surface area contributed by atoms with Crippen LogP contribution < -0.4 is 10.1 Å². The van der Waals surface area contributed by atoms with Gasteiger partial charge in [-0.15, -0.1) is 0 Å². The molecule has 0 bridgehead atoms. The van der Waals surface area contributed by atoms with E-state index in [1.54, 1.807) is 4.90 Å². The number of hydrogen-bond acceptors (Lipinski definition) is 7. The summed E-state index contributed by atoms with van der Waals surface area (Å²) in [7, 11) is 0. The summed E-state index contributed by atoms with van der Waals surface area (Å²) in [5, 5.41) is 13.4. The zero-order chi connectivity index (χ0) is 21.1. The lowest BCUT2D eigenvalue weighted by Gasteiger charge is -2.42. The van der Waals surface area contributed by atoms with Gasteiger partial charge in [0.15, 0.2) is 11.6 Å². The molecule has 10 nitrogen and oxygen atoms in total. The van der Waals surface area contributed by atoms with Crippen LogP contribution in [0.25, 0.3) is 0 Å². The summed E-state index contributed by atoms with van der Waals surface area (Å²) in [6.07, 6.45) is 4.34. The number of benzene rings is 1. The number of nitrogens with one attached hydrogen (secondary N) is 1. The molecule has 2 aromatic rings. The maximum Gasteiger partial charge on any atom is 0.323 e. The van der Waals surface area contributed by atoms with Crippen LogP contribution in [0.15, 0.2) is 30.6 Å². The van der Waals surface area contributed by atoms with Gasteiger partial charge in [0.2, 0.25) is 5.88 Å². The smallest absolute Gasteiger partial charge is 0.323 e. The number of urea groups is 1. The number of amides is 2. The van der Waals surface area contributed by atoms with Crippen LogP contribution in [0.2, 0.25) is 0 Å². The zero-order valence-electron chi connectivity index (χ0n) is 16.2. The first-order valence-corrected chi connectivity index (χ1v) is 9.73. The van der Waals surface area contributed by atoms with Crippen LogP contribution in [-0.2, 0) is 0 Å². The number of likely N-dealkylation sites (tertiary alicyclic amines) is 2. The summed E-state index contributed by atoms with van der Waals surface area (Å²) < 4.78 is 19.4. The number of aromatic nitrogens is 2. The van der Waals surface area contributed by atoms with Gasteiger partial charge in [0.1, 0.15) is 12.1 Å². The molecule has 4 rings (SSSR count). The topological polar surface area (TPSA) is 114 Å². The van der Waals surface area contributed by atoms with Gasteiger partial charge in [-0.2, -0.15) is 0 Å². The second kappa shape index (κ2) is 8.57. The van der Waals surface area contributed by atoms with Crippen LogP contribution in [0, 0.1) is 15.9 Å². The summed E-state index contributed by atoms with van der Waals surface area (Å²) in [5.74, 6) is -0.884. The molecule has 0 saturated carbocycles. The molecule has 1 aromatic carbocycles. The van der Waals surface area contributed by atoms with Crippen molar-refractivity contribution in [3.8, 4) is 11.6 Å². The Kier molecular flexibility index (Phi) is 5.70. The molecule has 2 amide bonds. The summed E-state index contributed by atoms with van der Waals surface area (Å²) in [6, 6.07) is 4.71. The molecule has 0 atom stereocenters. The molecule has 0 spiro atoms. The predicted molar refractivity (Wildman–Crippen MR) is 105 cm³/mol. The van der Waals surface area contributed by atoms with Crippen molar-refractivity contribution in [1.82, 2.24) is 19.8 Å². The number of non-ortho nitro benzene ring substituents is 1. The van der Waals surface area contributed by atoms with Gasteiger partial charge >= 0.3 is 6.03 Å². The number of halogens is 1. The van der Waals surface area contributed by atoms with Crippen molar-refractivity contribution in [2.24, 2.45) is 0 Å². The molecule has 2 fully saturated rings. The maximum absolute atomic E-state index is 14.0. The van der Waals surface area contributed by atoms with E-state index in [9.17, 15) is 19.3 Å². The fourth-order valence-corrected chi connectivity index (χ4v) is 3.59. The number of nitrogens with zero attached hydrogens (tertiary/aromatic N) is 5. The Hall–Kier alpha value is -3.34. The van der Waals surface area contributed by atoms with Crippen LogP contribution in [-0.4, -0.2) is 62.9 Å². The highest BCUT2D eigenvalue weighted by Gasteiger charge is 2.29. The third-order valence-electron chi connectivity index (χ3n) is 5.38. The van der Waals surface area contributed by atoms with Crippen LogP contribution in [0.1, 0.15) is 19.3 Å². The van der Waals surface area contributed by atoms with Crippen molar-refractivity contribution in [1.29, 1.82) is 0 Å². The minimum Gasteiger partial charge on any atom is -0.436 e. The van der Waals surface area contributed by atoms with E-state index in [1.165, 1.54) is 18.8 Å². The Balaban J connectivity index is 1.35. The highest BCUT2D eigenvalue weighted by molar-refractivity contribution is 5.88. The molecule has 2 aliphatic heterocycles. The lowest BCUT2D eigenvalue weighted by molar-refractivity contribution is -0.385. The molecule has 158 valence electrons. The van der Waals surface area contributed by atoms with E-state index in [4.69, 9.17) is 4.74 Å². The normalized spacial score (nSPS) is 17.3. The number of piperidine rings is 1. The molecule has 11 heteroatoms. The van der Waals surface area contributed by atoms with E-state index in [1.807, 2.05) is 0 Å². The number of hydrogen-bond donors (Lipinski definition) is 1. The number of rotatable bonds is 5. The van der Waals surface area contributed by atoms with Gasteiger partial charge in [-0.05, 0) is 38.4 Å². The monoisotopic (exact) mass is 416 g/mol. The number of nitro benzene ring substituents is 1. The van der Waals surface area contributed by atoms with E-state index in [0.717, 1.165) is 44.1 Å². The van der Waals surface area contributed by atoms with Gasteiger partial charge in [0, 0.05) is 31.3 Å². The first-order chi connectivity index (χ1) is 14.5. The van der Waals surface area contributed by atoms with E-state index in [0.29, 0.717) is 19.1 Å². The number of carbonyl (C=O) groups excluding carboxylic acids is 1. The Bertz CT molecular complexity index is 946. The lowest BCUT2D eigenvalue weighted by Crippen LogP contribution is -2.51. The first kappa shape index (κ1) is 20.0. The predicted octanol–water partition coefficient (Wildman–Crippen LogP) is 3.02. The highest BCUT2D eigenvalue weighted by atomic mass is 19.1. The third-order valence-corrected chi connectivity index (χ3v) is 5.38. The van der Waals surface area contributed by atoms with Crippen molar-refractivity contribution in [3.63, 3.8) is 0 Å². The second-order valence-electron chi connectivity index (χ2n) is 7.25. The molecule has 1 aromatic heterocycles. The van der Waals surface area contributed by atoms with Gasteiger partial charge in [-0.25, -0.2) is 19.2 Å². The molecule has 0 aliphatic carbocycles. The van der Waals surface area contributed by atoms with Gasteiger partial charge in [-0.1, -0.05) is 0 Å². The van der Waals surface area contributed by atoms with Crippen molar-refractivity contribution in [2.45, 2.75) is 25.3 Å². The van der Waals surface area contributed by atoms with Crippen molar-refractivity contribution < 1.29 is 18.8 Å². The Morgan fingerprint density at radius 1 is 1.20 bits per heavy atom. The van der Waals surface area contributed by atoms with E-state index in [-0.39, 0.29) is 29.2 Å². The molecule has 2 saturated heterocycles. The maximum atomic E-state index is 14.0. The molecule has 3 heterocycles. The zero-order valence-corrected chi connectivity index (χ0v) is 16.2. The quantitative estimate of drug-likeness (QED) is 0.589. The first-order valence-electron chi connectivity index (χ1n) is 9.73. The van der Waals surface area contributed by atoms with E-state index < -0.39 is 10.7 Å². The summed E-state index contributed by atoms with van der Waals surface area (Å²) in [6.45, 7) is 3.65. The van der Waals surface area contributed by atoms with Crippen LogP contribution >= 0.6 is 0 Å². The second-order valence-corrected chi connectivity index (χ2v) is 7.25. The average molecular weight is 416 g/mol.